The summed E-state index contributed by atoms with van der Waals surface area (Å²) in [6, 6.07) is 8.04. The summed E-state index contributed by atoms with van der Waals surface area (Å²) in [5, 5.41) is 3.67. The summed E-state index contributed by atoms with van der Waals surface area (Å²) in [5.74, 6) is 1.02. The SMILES string of the molecule is CCCCN=C1SCNC(=O)N1c1cccc(C(C)C)c1. The lowest BCUT2D eigenvalue weighted by molar-refractivity contribution is 0.250. The lowest BCUT2D eigenvalue weighted by Gasteiger charge is -2.29. The lowest BCUT2D eigenvalue weighted by Crippen LogP contribution is -2.47. The normalized spacial score (nSPS) is 17.4. The van der Waals surface area contributed by atoms with Gasteiger partial charge >= 0.3 is 6.03 Å². The average molecular weight is 305 g/mol. The highest BCUT2D eigenvalue weighted by Crippen LogP contribution is 2.26. The van der Waals surface area contributed by atoms with Gasteiger partial charge in [0.05, 0.1) is 11.6 Å². The number of carbonyl (C=O) groups excluding carboxylic acids is 1. The molecule has 4 nitrogen and oxygen atoms in total. The zero-order chi connectivity index (χ0) is 15.2. The van der Waals surface area contributed by atoms with Crippen molar-refractivity contribution in [1.82, 2.24) is 5.32 Å². The van der Waals surface area contributed by atoms with Crippen LogP contribution in [0, 0.1) is 0 Å². The van der Waals surface area contributed by atoms with Crippen molar-refractivity contribution in [3.05, 3.63) is 29.8 Å². The monoisotopic (exact) mass is 305 g/mol. The first-order valence-electron chi connectivity index (χ1n) is 7.48. The fourth-order valence-corrected chi connectivity index (χ4v) is 2.92. The van der Waals surface area contributed by atoms with Crippen molar-refractivity contribution < 1.29 is 4.79 Å². The van der Waals surface area contributed by atoms with Crippen LogP contribution < -0.4 is 10.2 Å². The molecule has 2 rings (SSSR count). The zero-order valence-electron chi connectivity index (χ0n) is 12.9. The molecule has 0 unspecified atom stereocenters. The Bertz CT molecular complexity index is 528. The molecule has 0 aromatic heterocycles. The Balaban J connectivity index is 2.29. The zero-order valence-corrected chi connectivity index (χ0v) is 13.7. The van der Waals surface area contributed by atoms with Gasteiger partial charge in [-0.3, -0.25) is 4.99 Å². The number of thioether (sulfide) groups is 1. The number of nitrogens with one attached hydrogen (secondary N) is 1. The van der Waals surface area contributed by atoms with Gasteiger partial charge in [-0.1, -0.05) is 51.1 Å². The Hall–Kier alpha value is -1.49. The Kier molecular flexibility index (Phi) is 5.67. The van der Waals surface area contributed by atoms with Crippen LogP contribution in [-0.4, -0.2) is 23.6 Å². The van der Waals surface area contributed by atoms with E-state index in [1.54, 1.807) is 16.7 Å². The van der Waals surface area contributed by atoms with E-state index >= 15 is 0 Å². The predicted octanol–water partition coefficient (Wildman–Crippen LogP) is 4.19. The molecule has 1 N–H and O–H groups in total. The second kappa shape index (κ2) is 7.50. The van der Waals surface area contributed by atoms with Crippen molar-refractivity contribution >= 4 is 28.6 Å². The fraction of sp³-hybridized carbons (Fsp3) is 0.500. The summed E-state index contributed by atoms with van der Waals surface area (Å²) in [6.07, 6.45) is 2.15. The summed E-state index contributed by atoms with van der Waals surface area (Å²) < 4.78 is 0. The third-order valence-electron chi connectivity index (χ3n) is 3.37. The molecule has 0 radical (unpaired) electrons. The molecule has 1 saturated heterocycles. The van der Waals surface area contributed by atoms with Crippen molar-refractivity contribution in [1.29, 1.82) is 0 Å². The molecule has 2 amide bonds. The number of hydrogen-bond donors (Lipinski definition) is 1. The first-order chi connectivity index (χ1) is 10.1. The summed E-state index contributed by atoms with van der Waals surface area (Å²) in [4.78, 5) is 18.5. The standard InChI is InChI=1S/C16H23N3OS/c1-4-5-9-17-16-19(15(20)18-11-21-16)14-8-6-7-13(10-14)12(2)3/h6-8,10,12H,4-5,9,11H2,1-3H3,(H,18,20). The number of amidine groups is 1. The molecule has 1 aromatic carbocycles. The first kappa shape index (κ1) is 15.9. The maximum absolute atomic E-state index is 12.2. The summed E-state index contributed by atoms with van der Waals surface area (Å²) >= 11 is 1.58. The summed E-state index contributed by atoms with van der Waals surface area (Å²) in [7, 11) is 0. The van der Waals surface area contributed by atoms with Crippen molar-refractivity contribution in [2.75, 3.05) is 17.3 Å². The first-order valence-corrected chi connectivity index (χ1v) is 8.47. The van der Waals surface area contributed by atoms with E-state index < -0.39 is 0 Å². The molecule has 21 heavy (non-hydrogen) atoms. The topological polar surface area (TPSA) is 44.7 Å². The van der Waals surface area contributed by atoms with Crippen molar-refractivity contribution in [2.24, 2.45) is 4.99 Å². The van der Waals surface area contributed by atoms with E-state index in [1.807, 2.05) is 12.1 Å². The Morgan fingerprint density at radius 3 is 2.95 bits per heavy atom. The quantitative estimate of drug-likeness (QED) is 0.829. The van der Waals surface area contributed by atoms with E-state index in [0.29, 0.717) is 11.8 Å². The number of unbranched alkanes of at least 4 members (excludes halogenated alkanes) is 1. The number of urea groups is 1. The molecular formula is C16H23N3OS. The van der Waals surface area contributed by atoms with Gasteiger partial charge in [-0.05, 0) is 30.0 Å². The Morgan fingerprint density at radius 1 is 1.43 bits per heavy atom. The minimum atomic E-state index is -0.0927. The summed E-state index contributed by atoms with van der Waals surface area (Å²) in [6.45, 7) is 7.22. The molecule has 1 aliphatic rings. The molecule has 1 fully saturated rings. The number of benzene rings is 1. The molecule has 0 bridgehead atoms. The van der Waals surface area contributed by atoms with Gasteiger partial charge in [0.1, 0.15) is 0 Å². The molecular weight excluding hydrogens is 282 g/mol. The van der Waals surface area contributed by atoms with Crippen LogP contribution in [0.4, 0.5) is 10.5 Å². The van der Waals surface area contributed by atoms with Gasteiger partial charge in [0.25, 0.3) is 0 Å². The maximum Gasteiger partial charge on any atom is 0.328 e. The van der Waals surface area contributed by atoms with Crippen LogP contribution in [-0.2, 0) is 0 Å². The fourth-order valence-electron chi connectivity index (χ4n) is 2.09. The highest BCUT2D eigenvalue weighted by atomic mass is 32.2. The second-order valence-electron chi connectivity index (χ2n) is 5.37. The van der Waals surface area contributed by atoms with Gasteiger partial charge in [0.2, 0.25) is 0 Å². The third-order valence-corrected chi connectivity index (χ3v) is 4.23. The Labute approximate surface area is 131 Å². The number of aliphatic imine (C=N–C) groups is 1. The van der Waals surface area contributed by atoms with Gasteiger partial charge in [0, 0.05) is 6.54 Å². The van der Waals surface area contributed by atoms with Crippen molar-refractivity contribution in [2.45, 2.75) is 39.5 Å². The number of hydrogen-bond acceptors (Lipinski definition) is 3. The molecule has 114 valence electrons. The Morgan fingerprint density at radius 2 is 2.24 bits per heavy atom. The molecule has 0 atom stereocenters. The average Bonchev–Trinajstić information content (AvgIpc) is 2.48. The number of nitrogens with zero attached hydrogens (tertiary/aromatic N) is 2. The maximum atomic E-state index is 12.2. The third kappa shape index (κ3) is 4.00. The van der Waals surface area contributed by atoms with Gasteiger partial charge in [-0.15, -0.1) is 0 Å². The van der Waals surface area contributed by atoms with Crippen LogP contribution in [0.5, 0.6) is 0 Å². The van der Waals surface area contributed by atoms with Crippen molar-refractivity contribution in [3.8, 4) is 0 Å². The van der Waals surface area contributed by atoms with Gasteiger partial charge < -0.3 is 5.32 Å². The van der Waals surface area contributed by atoms with E-state index in [2.05, 4.69) is 43.2 Å². The van der Waals surface area contributed by atoms with Crippen LogP contribution in [0.1, 0.15) is 45.1 Å². The number of carbonyl (C=O) groups is 1. The highest BCUT2D eigenvalue weighted by Gasteiger charge is 2.26. The molecule has 0 saturated carbocycles. The molecule has 1 aromatic rings. The minimum Gasteiger partial charge on any atom is -0.328 e. The van der Waals surface area contributed by atoms with Crippen LogP contribution >= 0.6 is 11.8 Å². The predicted molar refractivity (Wildman–Crippen MR) is 91.2 cm³/mol. The van der Waals surface area contributed by atoms with Gasteiger partial charge in [-0.2, -0.15) is 0 Å². The van der Waals surface area contributed by atoms with E-state index in [0.717, 1.165) is 30.2 Å². The van der Waals surface area contributed by atoms with E-state index in [4.69, 9.17) is 0 Å². The molecule has 1 heterocycles. The summed E-state index contributed by atoms with van der Waals surface area (Å²) in [5.41, 5.74) is 2.12. The van der Waals surface area contributed by atoms with E-state index in [9.17, 15) is 4.79 Å². The highest BCUT2D eigenvalue weighted by molar-refractivity contribution is 8.14. The van der Waals surface area contributed by atoms with Crippen molar-refractivity contribution in [3.63, 3.8) is 0 Å². The van der Waals surface area contributed by atoms with Gasteiger partial charge in [-0.25, -0.2) is 9.69 Å². The molecule has 5 heteroatoms. The van der Waals surface area contributed by atoms with Crippen LogP contribution in [0.3, 0.4) is 0 Å². The van der Waals surface area contributed by atoms with Crippen LogP contribution in [0.15, 0.2) is 29.3 Å². The molecule has 0 spiro atoms. The molecule has 0 aliphatic carbocycles. The van der Waals surface area contributed by atoms with E-state index in [-0.39, 0.29) is 6.03 Å². The number of amides is 2. The number of rotatable bonds is 5. The largest absolute Gasteiger partial charge is 0.328 e. The van der Waals surface area contributed by atoms with Crippen LogP contribution in [0.2, 0.25) is 0 Å². The minimum absolute atomic E-state index is 0.0927. The smallest absolute Gasteiger partial charge is 0.328 e. The second-order valence-corrected chi connectivity index (χ2v) is 6.32. The van der Waals surface area contributed by atoms with Crippen LogP contribution in [0.25, 0.3) is 0 Å². The molecule has 1 aliphatic heterocycles. The number of anilines is 1. The van der Waals surface area contributed by atoms with Gasteiger partial charge in [0.15, 0.2) is 5.17 Å². The van der Waals surface area contributed by atoms with E-state index in [1.165, 1.54) is 5.56 Å². The lowest BCUT2D eigenvalue weighted by atomic mass is 10.0.